The molecule has 0 unspecified atom stereocenters. The molecule has 11 heteroatoms. The molecule has 0 bridgehead atoms. The number of nitrogens with zero attached hydrogens (tertiary/aromatic N) is 1. The van der Waals surface area contributed by atoms with E-state index in [9.17, 15) is 26.4 Å². The number of amides is 1. The second kappa shape index (κ2) is 8.78. The maximum absolute atomic E-state index is 12.9. The molecule has 2 atom stereocenters. The second-order valence-electron chi connectivity index (χ2n) is 7.25. The summed E-state index contributed by atoms with van der Waals surface area (Å²) in [4.78, 5) is 12.5. The van der Waals surface area contributed by atoms with E-state index in [-0.39, 0.29) is 46.5 Å². The van der Waals surface area contributed by atoms with Crippen LogP contribution in [0.1, 0.15) is 29.8 Å². The fraction of sp³-hybridized carbons (Fsp3) is 0.350. The summed E-state index contributed by atoms with van der Waals surface area (Å²) in [6.07, 6.45) is -5.09. The number of carbonyl (C=O) groups is 1. The highest BCUT2D eigenvalue weighted by atomic mass is 35.5. The van der Waals surface area contributed by atoms with E-state index in [4.69, 9.17) is 16.3 Å². The van der Waals surface area contributed by atoms with Gasteiger partial charge in [-0.2, -0.15) is 17.5 Å². The van der Waals surface area contributed by atoms with Crippen molar-refractivity contribution in [1.29, 1.82) is 0 Å². The van der Waals surface area contributed by atoms with Gasteiger partial charge in [0, 0.05) is 18.7 Å². The quantitative estimate of drug-likeness (QED) is 0.709. The summed E-state index contributed by atoms with van der Waals surface area (Å²) in [7, 11) is -3.78. The molecule has 0 spiro atoms. The lowest BCUT2D eigenvalue weighted by molar-refractivity contribution is -0.137. The Balaban J connectivity index is 1.78. The van der Waals surface area contributed by atoms with Crippen molar-refractivity contribution < 1.29 is 31.1 Å². The van der Waals surface area contributed by atoms with Crippen LogP contribution < -0.4 is 5.32 Å². The number of hydrogen-bond donors (Lipinski definition) is 1. The van der Waals surface area contributed by atoms with Gasteiger partial charge in [0.05, 0.1) is 33.4 Å². The largest absolute Gasteiger partial charge is 0.416 e. The molecule has 0 radical (unpaired) electrons. The molecule has 0 saturated carbocycles. The van der Waals surface area contributed by atoms with Gasteiger partial charge in [0.25, 0.3) is 5.91 Å². The number of hydrogen-bond acceptors (Lipinski definition) is 4. The molecule has 1 aliphatic rings. The number of sulfonamides is 1. The van der Waals surface area contributed by atoms with Crippen LogP contribution in [0, 0.1) is 0 Å². The lowest BCUT2D eigenvalue weighted by Crippen LogP contribution is -2.48. The molecule has 0 aromatic heterocycles. The zero-order valence-corrected chi connectivity index (χ0v) is 18.2. The Bertz CT molecular complexity index is 1060. The van der Waals surface area contributed by atoms with Gasteiger partial charge in [-0.05, 0) is 56.3 Å². The molecule has 1 amide bonds. The zero-order valence-electron chi connectivity index (χ0n) is 16.6. The number of nitrogens with one attached hydrogen (secondary N) is 1. The lowest BCUT2D eigenvalue weighted by Gasteiger charge is -2.34. The molecule has 168 valence electrons. The highest BCUT2D eigenvalue weighted by Crippen LogP contribution is 2.34. The van der Waals surface area contributed by atoms with Crippen LogP contribution in [0.25, 0.3) is 0 Å². The predicted molar refractivity (Wildman–Crippen MR) is 110 cm³/mol. The fourth-order valence-electron chi connectivity index (χ4n) is 3.25. The smallest absolute Gasteiger partial charge is 0.373 e. The average molecular weight is 477 g/mol. The highest BCUT2D eigenvalue weighted by molar-refractivity contribution is 7.89. The summed E-state index contributed by atoms with van der Waals surface area (Å²) in [5.41, 5.74) is -1.09. The summed E-state index contributed by atoms with van der Waals surface area (Å²) in [6.45, 7) is 3.99. The SMILES string of the molecule is C[C@@H]1CN(S(=O)(=O)c2ccc(C(=O)Nc3cc(C(F)(F)F)ccc3Cl)cc2)C[C@H](C)O1. The van der Waals surface area contributed by atoms with E-state index in [1.54, 1.807) is 13.8 Å². The predicted octanol–water partition coefficient (Wildman–Crippen LogP) is 4.41. The molecule has 1 saturated heterocycles. The van der Waals surface area contributed by atoms with Crippen molar-refractivity contribution in [2.45, 2.75) is 37.1 Å². The Kier molecular flexibility index (Phi) is 6.66. The Hall–Kier alpha value is -2.14. The molecular weight excluding hydrogens is 457 g/mol. The normalized spacial score (nSPS) is 20.5. The molecule has 3 rings (SSSR count). The minimum absolute atomic E-state index is 0.00227. The fourth-order valence-corrected chi connectivity index (χ4v) is 5.00. The highest BCUT2D eigenvalue weighted by Gasteiger charge is 2.33. The number of halogens is 4. The third kappa shape index (κ3) is 5.38. The van der Waals surface area contributed by atoms with Gasteiger partial charge in [-0.15, -0.1) is 0 Å². The van der Waals surface area contributed by atoms with Gasteiger partial charge in [0.2, 0.25) is 10.0 Å². The van der Waals surface area contributed by atoms with E-state index in [1.165, 1.54) is 28.6 Å². The molecule has 1 fully saturated rings. The molecule has 0 aliphatic carbocycles. The van der Waals surface area contributed by atoms with E-state index >= 15 is 0 Å². The molecule has 1 aliphatic heterocycles. The van der Waals surface area contributed by atoms with Crippen molar-refractivity contribution >= 4 is 33.2 Å². The van der Waals surface area contributed by atoms with Gasteiger partial charge >= 0.3 is 6.18 Å². The lowest BCUT2D eigenvalue weighted by atomic mass is 10.1. The number of alkyl halides is 3. The van der Waals surface area contributed by atoms with Crippen molar-refractivity contribution in [1.82, 2.24) is 4.31 Å². The van der Waals surface area contributed by atoms with Crippen molar-refractivity contribution in [2.24, 2.45) is 0 Å². The molecule has 31 heavy (non-hydrogen) atoms. The van der Waals surface area contributed by atoms with Gasteiger partial charge in [-0.3, -0.25) is 4.79 Å². The maximum Gasteiger partial charge on any atom is 0.416 e. The van der Waals surface area contributed by atoms with Gasteiger partial charge in [-0.25, -0.2) is 8.42 Å². The van der Waals surface area contributed by atoms with Crippen LogP contribution in [-0.2, 0) is 20.9 Å². The summed E-state index contributed by atoms with van der Waals surface area (Å²) >= 11 is 5.90. The van der Waals surface area contributed by atoms with Crippen LogP contribution in [0.3, 0.4) is 0 Å². The minimum atomic E-state index is -4.59. The van der Waals surface area contributed by atoms with Crippen molar-refractivity contribution in [3.63, 3.8) is 0 Å². The number of anilines is 1. The van der Waals surface area contributed by atoms with E-state index in [0.29, 0.717) is 0 Å². The number of carbonyl (C=O) groups excluding carboxylic acids is 1. The van der Waals surface area contributed by atoms with Gasteiger partial charge in [-0.1, -0.05) is 11.6 Å². The van der Waals surface area contributed by atoms with Crippen LogP contribution in [0.4, 0.5) is 18.9 Å². The van der Waals surface area contributed by atoms with Crippen LogP contribution >= 0.6 is 11.6 Å². The summed E-state index contributed by atoms with van der Waals surface area (Å²) in [5, 5.41) is 2.27. The first-order valence-corrected chi connectivity index (χ1v) is 11.1. The van der Waals surface area contributed by atoms with E-state index < -0.39 is 27.7 Å². The van der Waals surface area contributed by atoms with Gasteiger partial charge < -0.3 is 10.1 Å². The van der Waals surface area contributed by atoms with E-state index in [1.807, 2.05) is 0 Å². The number of ether oxygens (including phenoxy) is 1. The van der Waals surface area contributed by atoms with E-state index in [0.717, 1.165) is 18.2 Å². The Morgan fingerprint density at radius 2 is 1.68 bits per heavy atom. The zero-order chi connectivity index (χ0) is 23.0. The average Bonchev–Trinajstić information content (AvgIpc) is 2.68. The first-order valence-electron chi connectivity index (χ1n) is 9.31. The molecule has 6 nitrogen and oxygen atoms in total. The number of morpholine rings is 1. The van der Waals surface area contributed by atoms with Crippen LogP contribution in [0.5, 0.6) is 0 Å². The minimum Gasteiger partial charge on any atom is -0.373 e. The monoisotopic (exact) mass is 476 g/mol. The van der Waals surface area contributed by atoms with Gasteiger partial charge in [0.1, 0.15) is 0 Å². The third-order valence-electron chi connectivity index (χ3n) is 4.68. The summed E-state index contributed by atoms with van der Waals surface area (Å²) in [5.74, 6) is -0.723. The van der Waals surface area contributed by atoms with Crippen LogP contribution in [0.15, 0.2) is 47.4 Å². The first kappa shape index (κ1) is 23.5. The summed E-state index contributed by atoms with van der Waals surface area (Å²) in [6, 6.07) is 7.73. The second-order valence-corrected chi connectivity index (χ2v) is 9.60. The topological polar surface area (TPSA) is 75.7 Å². The standard InChI is InChI=1S/C20H20ClF3N2O4S/c1-12-10-26(11-13(2)30-12)31(28,29)16-6-3-14(4-7-16)19(27)25-18-9-15(20(22,23)24)5-8-17(18)21/h3-9,12-13H,10-11H2,1-2H3,(H,25,27)/t12-,13+. The molecule has 2 aromatic carbocycles. The third-order valence-corrected chi connectivity index (χ3v) is 6.86. The van der Waals surface area contributed by atoms with Crippen LogP contribution in [0.2, 0.25) is 5.02 Å². The first-order chi connectivity index (χ1) is 14.4. The molecule has 1 N–H and O–H groups in total. The van der Waals surface area contributed by atoms with Crippen molar-refractivity contribution in [3.8, 4) is 0 Å². The van der Waals surface area contributed by atoms with Crippen molar-refractivity contribution in [2.75, 3.05) is 18.4 Å². The maximum atomic E-state index is 12.9. The molecular formula is C20H20ClF3N2O4S. The van der Waals surface area contributed by atoms with Crippen molar-refractivity contribution in [3.05, 3.63) is 58.6 Å². The van der Waals surface area contributed by atoms with E-state index in [2.05, 4.69) is 5.32 Å². The number of benzene rings is 2. The number of rotatable bonds is 4. The van der Waals surface area contributed by atoms with Gasteiger partial charge in [0.15, 0.2) is 0 Å². The summed E-state index contributed by atoms with van der Waals surface area (Å²) < 4.78 is 71.3. The Labute approximate surface area is 183 Å². The van der Waals surface area contributed by atoms with Crippen LogP contribution in [-0.4, -0.2) is 43.9 Å². The molecule has 1 heterocycles. The Morgan fingerprint density at radius 1 is 1.10 bits per heavy atom. The molecule has 2 aromatic rings. The Morgan fingerprint density at radius 3 is 2.23 bits per heavy atom.